The Labute approximate surface area is 377 Å². The van der Waals surface area contributed by atoms with Gasteiger partial charge in [0.15, 0.2) is 6.29 Å². The quantitative estimate of drug-likeness (QED) is 0.0550. The van der Waals surface area contributed by atoms with Crippen molar-refractivity contribution >= 4 is 0 Å². The number of hydrogen-bond acceptors (Lipinski definition) is 10. The van der Waals surface area contributed by atoms with Crippen molar-refractivity contribution in [1.29, 1.82) is 0 Å². The molecule has 2 N–H and O–H groups in total. The Morgan fingerprint density at radius 3 is 1.28 bits per heavy atom. The molecule has 1 saturated heterocycles. The summed E-state index contributed by atoms with van der Waals surface area (Å²) in [6.45, 7) is 1.39. The Hall–Kier alpha value is -5.08. The summed E-state index contributed by atoms with van der Waals surface area (Å²) in [5.74, 6) is 0. The molecule has 0 bridgehead atoms. The summed E-state index contributed by atoms with van der Waals surface area (Å²) in [6, 6.07) is 59.3. The molecule has 0 aliphatic carbocycles. The van der Waals surface area contributed by atoms with Gasteiger partial charge >= 0.3 is 0 Å². The summed E-state index contributed by atoms with van der Waals surface area (Å²) in [5.41, 5.74) is 5.82. The lowest BCUT2D eigenvalue weighted by Crippen LogP contribution is -2.62. The van der Waals surface area contributed by atoms with Crippen molar-refractivity contribution in [2.24, 2.45) is 0 Å². The molecule has 0 unspecified atom stereocenters. The molecule has 1 heterocycles. The number of benzene rings is 6. The van der Waals surface area contributed by atoms with Crippen LogP contribution in [0.1, 0.15) is 39.8 Å². The molecule has 336 valence electrons. The number of hydrogen-bond donors (Lipinski definition) is 2. The Kier molecular flexibility index (Phi) is 19.1. The van der Waals surface area contributed by atoms with Gasteiger partial charge in [-0.3, -0.25) is 0 Å². The van der Waals surface area contributed by atoms with E-state index in [1.54, 1.807) is 0 Å². The Balaban J connectivity index is 1.18. The molecular weight excluding hydrogens is 809 g/mol. The van der Waals surface area contributed by atoms with Gasteiger partial charge in [-0.2, -0.15) is 0 Å². The van der Waals surface area contributed by atoms with E-state index in [-0.39, 0.29) is 52.7 Å². The molecule has 0 saturated carbocycles. The van der Waals surface area contributed by atoms with Crippen LogP contribution in [0.3, 0.4) is 0 Å². The van der Waals surface area contributed by atoms with Crippen molar-refractivity contribution in [2.75, 3.05) is 19.8 Å². The third-order valence-corrected chi connectivity index (χ3v) is 11.0. The van der Waals surface area contributed by atoms with Gasteiger partial charge in [0, 0.05) is 6.61 Å². The molecule has 64 heavy (non-hydrogen) atoms. The third kappa shape index (κ3) is 14.7. The number of rotatable bonds is 26. The van der Waals surface area contributed by atoms with E-state index < -0.39 is 49.0 Å². The highest BCUT2D eigenvalue weighted by Gasteiger charge is 2.49. The van der Waals surface area contributed by atoms with Crippen LogP contribution in [0, 0.1) is 0 Å². The minimum absolute atomic E-state index is 0.155. The second-order valence-corrected chi connectivity index (χ2v) is 15.8. The molecule has 6 aromatic carbocycles. The third-order valence-electron chi connectivity index (χ3n) is 11.0. The first-order chi connectivity index (χ1) is 31.6. The summed E-state index contributed by atoms with van der Waals surface area (Å²) in [6.07, 6.45) is -6.47. The highest BCUT2D eigenvalue weighted by Crippen LogP contribution is 2.32. The van der Waals surface area contributed by atoms with E-state index >= 15 is 0 Å². The maximum atomic E-state index is 12.1. The van der Waals surface area contributed by atoms with Crippen LogP contribution in [-0.2, 0) is 77.5 Å². The highest BCUT2D eigenvalue weighted by molar-refractivity contribution is 5.18. The molecule has 6 aromatic rings. The summed E-state index contributed by atoms with van der Waals surface area (Å²) < 4.78 is 53.3. The largest absolute Gasteiger partial charge is 0.396 e. The summed E-state index contributed by atoms with van der Waals surface area (Å²) in [4.78, 5) is 0. The Morgan fingerprint density at radius 2 is 0.828 bits per heavy atom. The number of ether oxygens (including phenoxy) is 8. The lowest BCUT2D eigenvalue weighted by molar-refractivity contribution is -0.332. The fourth-order valence-corrected chi connectivity index (χ4v) is 7.65. The van der Waals surface area contributed by atoms with Gasteiger partial charge in [0.05, 0.1) is 59.0 Å². The van der Waals surface area contributed by atoms with Crippen LogP contribution in [0.25, 0.3) is 0 Å². The van der Waals surface area contributed by atoms with Crippen LogP contribution in [0.4, 0.5) is 0 Å². The summed E-state index contributed by atoms with van der Waals surface area (Å²) in [7, 11) is 0. The molecule has 1 aliphatic heterocycles. The molecule has 7 rings (SSSR count). The van der Waals surface area contributed by atoms with Crippen LogP contribution >= 0.6 is 0 Å². The lowest BCUT2D eigenvalue weighted by Gasteiger charge is -2.46. The zero-order valence-electron chi connectivity index (χ0n) is 36.2. The van der Waals surface area contributed by atoms with E-state index in [4.69, 9.17) is 37.9 Å². The predicted molar refractivity (Wildman–Crippen MR) is 244 cm³/mol. The van der Waals surface area contributed by atoms with Gasteiger partial charge in [-0.25, -0.2) is 0 Å². The zero-order valence-corrected chi connectivity index (χ0v) is 36.2. The lowest BCUT2D eigenvalue weighted by atomic mass is 9.97. The molecule has 10 nitrogen and oxygen atoms in total. The minimum atomic E-state index is -1.21. The second-order valence-electron chi connectivity index (χ2n) is 15.8. The summed E-state index contributed by atoms with van der Waals surface area (Å²) >= 11 is 0. The van der Waals surface area contributed by atoms with Crippen molar-refractivity contribution in [3.8, 4) is 0 Å². The number of aliphatic hydroxyl groups excluding tert-OH is 2. The molecule has 8 atom stereocenters. The van der Waals surface area contributed by atoms with Gasteiger partial charge < -0.3 is 48.1 Å². The van der Waals surface area contributed by atoms with Crippen LogP contribution < -0.4 is 0 Å². The molecule has 0 radical (unpaired) electrons. The summed E-state index contributed by atoms with van der Waals surface area (Å²) in [5, 5.41) is 22.4. The molecule has 10 heteroatoms. The average Bonchev–Trinajstić information content (AvgIpc) is 3.35. The molecular formula is C54H60O10. The maximum Gasteiger partial charge on any atom is 0.187 e. The number of aliphatic hydroxyl groups is 2. The van der Waals surface area contributed by atoms with E-state index in [1.165, 1.54) is 0 Å². The zero-order chi connectivity index (χ0) is 44.0. The van der Waals surface area contributed by atoms with Crippen molar-refractivity contribution in [2.45, 2.75) is 95.1 Å². The molecule has 0 spiro atoms. The average molecular weight is 869 g/mol. The van der Waals surface area contributed by atoms with E-state index in [0.29, 0.717) is 13.2 Å². The first-order valence-electron chi connectivity index (χ1n) is 22.1. The minimum Gasteiger partial charge on any atom is -0.396 e. The van der Waals surface area contributed by atoms with Crippen LogP contribution in [0.5, 0.6) is 0 Å². The van der Waals surface area contributed by atoms with Gasteiger partial charge in [-0.05, 0) is 39.8 Å². The van der Waals surface area contributed by atoms with E-state index in [9.17, 15) is 10.2 Å². The highest BCUT2D eigenvalue weighted by atomic mass is 16.7. The van der Waals surface area contributed by atoms with Crippen molar-refractivity contribution in [3.63, 3.8) is 0 Å². The predicted octanol–water partition coefficient (Wildman–Crippen LogP) is 8.62. The fraction of sp³-hybridized carbons (Fsp3) is 0.333. The molecule has 0 aromatic heterocycles. The normalized spacial score (nSPS) is 20.1. The van der Waals surface area contributed by atoms with Gasteiger partial charge in [0.25, 0.3) is 0 Å². The van der Waals surface area contributed by atoms with E-state index in [1.807, 2.05) is 182 Å². The topological polar surface area (TPSA) is 114 Å². The molecule has 0 amide bonds. The SMILES string of the molecule is OCC[C@@H](OCc1ccccc1)[C@H](OCc1ccccc1)[C@H](O)CO[C@H]1O[C@H](COCc2ccccc2)[C@H](OCc2ccccc2)[C@H](OCc2ccccc2)[C@H]1OCc1ccccc1. The standard InChI is InChI=1S/C54H60O10/c55-32-31-48(58-34-42-21-9-2-10-22-42)50(59-35-43-23-11-3-12-24-43)47(56)39-63-54-53(62-38-46-29-17-6-18-30-46)52(61-37-45-27-15-5-16-28-45)51(60-36-44-25-13-4-14-26-44)49(64-54)40-57-33-41-19-7-1-8-20-41/h1-30,47-56H,31-40H2/t47-,48-,49-,50-,51+,52+,53-,54+/m1/s1. The van der Waals surface area contributed by atoms with Crippen LogP contribution in [-0.4, -0.2) is 79.1 Å². The van der Waals surface area contributed by atoms with Crippen molar-refractivity contribution in [1.82, 2.24) is 0 Å². The second kappa shape index (κ2) is 26.0. The van der Waals surface area contributed by atoms with Gasteiger partial charge in [0.1, 0.15) is 36.6 Å². The maximum absolute atomic E-state index is 12.1. The fourth-order valence-electron chi connectivity index (χ4n) is 7.65. The van der Waals surface area contributed by atoms with Crippen molar-refractivity contribution in [3.05, 3.63) is 215 Å². The van der Waals surface area contributed by atoms with E-state index in [2.05, 4.69) is 0 Å². The van der Waals surface area contributed by atoms with Crippen molar-refractivity contribution < 1.29 is 48.1 Å². The van der Waals surface area contributed by atoms with Gasteiger partial charge in [0.2, 0.25) is 0 Å². The van der Waals surface area contributed by atoms with Crippen LogP contribution in [0.2, 0.25) is 0 Å². The molecule has 1 aliphatic rings. The van der Waals surface area contributed by atoms with Crippen LogP contribution in [0.15, 0.2) is 182 Å². The monoisotopic (exact) mass is 868 g/mol. The Bertz CT molecular complexity index is 2120. The Morgan fingerprint density at radius 1 is 0.438 bits per heavy atom. The van der Waals surface area contributed by atoms with Gasteiger partial charge in [-0.15, -0.1) is 0 Å². The first kappa shape index (κ1) is 46.9. The van der Waals surface area contributed by atoms with E-state index in [0.717, 1.165) is 33.4 Å². The van der Waals surface area contributed by atoms with Gasteiger partial charge in [-0.1, -0.05) is 182 Å². The smallest absolute Gasteiger partial charge is 0.187 e. The first-order valence-corrected chi connectivity index (χ1v) is 22.1. The molecule has 1 fully saturated rings.